The fraction of sp³-hybridized carbons (Fsp3) is 0. The van der Waals surface area contributed by atoms with Gasteiger partial charge in [0, 0.05) is 19.5 Å². The van der Waals surface area contributed by atoms with Crippen LogP contribution in [0.1, 0.15) is 0 Å². The SMILES string of the molecule is BOP(=O)(O)O.[Zn]. The Bertz CT molecular complexity index is 75.8. The monoisotopic (exact) mass is 174 g/mol. The van der Waals surface area contributed by atoms with Crippen molar-refractivity contribution in [3.8, 4) is 0 Å². The van der Waals surface area contributed by atoms with Crippen LogP contribution < -0.4 is 0 Å². The van der Waals surface area contributed by atoms with Crippen LogP contribution in [0.4, 0.5) is 0 Å². The van der Waals surface area contributed by atoms with E-state index >= 15 is 0 Å². The van der Waals surface area contributed by atoms with Crippen molar-refractivity contribution in [1.82, 2.24) is 0 Å². The minimum Gasteiger partial charge on any atom is -0.358 e. The van der Waals surface area contributed by atoms with E-state index in [0.29, 0.717) is 0 Å². The molecule has 0 aliphatic heterocycles. The van der Waals surface area contributed by atoms with Gasteiger partial charge in [0.25, 0.3) is 8.05 Å². The predicted octanol–water partition coefficient (Wildman–Crippen LogP) is -1.36. The Hall–Kier alpha value is 0.798. The summed E-state index contributed by atoms with van der Waals surface area (Å²) in [6.45, 7) is 0. The standard InChI is InChI=1S/BH4O4P.Zn/c1-5-6(2,3)4;/h1H2,(H2,2,3,4);. The molecule has 0 bridgehead atoms. The van der Waals surface area contributed by atoms with E-state index in [2.05, 4.69) is 4.44 Å². The van der Waals surface area contributed by atoms with Crippen molar-refractivity contribution in [2.45, 2.75) is 0 Å². The fourth-order valence-electron chi connectivity index (χ4n) is 0. The molecule has 0 fully saturated rings. The average Bonchev–Trinajstić information content (AvgIpc) is 1.35. The van der Waals surface area contributed by atoms with Gasteiger partial charge in [-0.1, -0.05) is 0 Å². The molecule has 0 aliphatic carbocycles. The Labute approximate surface area is 54.7 Å². The largest absolute Gasteiger partial charge is 0.454 e. The molecule has 0 saturated heterocycles. The van der Waals surface area contributed by atoms with Crippen molar-refractivity contribution >= 4 is 15.9 Å². The van der Waals surface area contributed by atoms with Gasteiger partial charge >= 0.3 is 7.82 Å². The van der Waals surface area contributed by atoms with Gasteiger partial charge in [-0.25, -0.2) is 4.57 Å². The summed E-state index contributed by atoms with van der Waals surface area (Å²) in [7, 11) is -3.20. The van der Waals surface area contributed by atoms with E-state index in [-0.39, 0.29) is 19.5 Å². The van der Waals surface area contributed by atoms with E-state index < -0.39 is 7.82 Å². The minimum absolute atomic E-state index is 0. The van der Waals surface area contributed by atoms with Gasteiger partial charge in [-0.05, 0) is 0 Å². The maximum absolute atomic E-state index is 9.47. The molecule has 0 heterocycles. The van der Waals surface area contributed by atoms with Crippen molar-refractivity contribution in [1.29, 1.82) is 0 Å². The van der Waals surface area contributed by atoms with Gasteiger partial charge in [-0.3, -0.25) is 0 Å². The molecular weight excluding hydrogens is 171 g/mol. The average molecular weight is 175 g/mol. The van der Waals surface area contributed by atoms with Crippen molar-refractivity contribution in [2.75, 3.05) is 0 Å². The van der Waals surface area contributed by atoms with Crippen LogP contribution in [-0.2, 0) is 28.5 Å². The van der Waals surface area contributed by atoms with Crippen molar-refractivity contribution in [2.24, 2.45) is 0 Å². The van der Waals surface area contributed by atoms with Gasteiger partial charge in [-0.2, -0.15) is 0 Å². The Morgan fingerprint density at radius 3 is 1.71 bits per heavy atom. The van der Waals surface area contributed by atoms with E-state index in [4.69, 9.17) is 9.79 Å². The molecule has 0 aromatic heterocycles. The first-order valence-electron chi connectivity index (χ1n) is 1.17. The zero-order valence-electron chi connectivity index (χ0n) is 3.87. The van der Waals surface area contributed by atoms with Crippen LogP contribution in [0.25, 0.3) is 0 Å². The van der Waals surface area contributed by atoms with E-state index in [1.54, 1.807) is 0 Å². The van der Waals surface area contributed by atoms with E-state index in [9.17, 15) is 4.57 Å². The summed E-state index contributed by atoms with van der Waals surface area (Å²) in [5, 5.41) is 0. The Morgan fingerprint density at radius 2 is 1.71 bits per heavy atom. The minimum atomic E-state index is -4.15. The van der Waals surface area contributed by atoms with E-state index in [0.717, 1.165) is 8.05 Å². The van der Waals surface area contributed by atoms with Gasteiger partial charge in [0.15, 0.2) is 0 Å². The van der Waals surface area contributed by atoms with Gasteiger partial charge in [0.1, 0.15) is 0 Å². The van der Waals surface area contributed by atoms with Crippen molar-refractivity contribution in [3.05, 3.63) is 0 Å². The molecule has 0 aromatic carbocycles. The number of phosphoric acid groups is 1. The summed E-state index contributed by atoms with van der Waals surface area (Å²) in [6.07, 6.45) is 0. The van der Waals surface area contributed by atoms with Crippen LogP contribution in [0.15, 0.2) is 0 Å². The Balaban J connectivity index is 0. The third kappa shape index (κ3) is 10.8. The third-order valence-corrected chi connectivity index (χ3v) is 0.714. The molecule has 0 amide bonds. The zero-order chi connectivity index (χ0) is 5.21. The summed E-state index contributed by atoms with van der Waals surface area (Å²) in [5.41, 5.74) is 0. The van der Waals surface area contributed by atoms with Gasteiger partial charge in [0.2, 0.25) is 0 Å². The van der Waals surface area contributed by atoms with E-state index in [1.807, 2.05) is 0 Å². The maximum Gasteiger partial charge on any atom is 0.454 e. The summed E-state index contributed by atoms with van der Waals surface area (Å²) < 4.78 is 13.1. The molecular formula is H4BO4PZn. The van der Waals surface area contributed by atoms with Crippen molar-refractivity contribution in [3.63, 3.8) is 0 Å². The van der Waals surface area contributed by atoms with Crippen LogP contribution in [-0.4, -0.2) is 17.8 Å². The molecule has 2 N–H and O–H groups in total. The quantitative estimate of drug-likeness (QED) is 0.381. The predicted molar refractivity (Wildman–Crippen MR) is 21.7 cm³/mol. The summed E-state index contributed by atoms with van der Waals surface area (Å²) >= 11 is 0. The smallest absolute Gasteiger partial charge is 0.358 e. The second-order valence-corrected chi connectivity index (χ2v) is 2.02. The zero-order valence-corrected chi connectivity index (χ0v) is 7.73. The van der Waals surface area contributed by atoms with Crippen LogP contribution in [0.2, 0.25) is 0 Å². The number of hydrogen-bond donors (Lipinski definition) is 2. The summed E-state index contributed by atoms with van der Waals surface area (Å²) in [4.78, 5) is 15.4. The summed E-state index contributed by atoms with van der Waals surface area (Å²) in [5.74, 6) is 0. The molecule has 0 aliphatic rings. The third-order valence-electron chi connectivity index (χ3n) is 0.238. The first kappa shape index (κ1) is 10.7. The van der Waals surface area contributed by atoms with E-state index in [1.165, 1.54) is 0 Å². The molecule has 0 rings (SSSR count). The van der Waals surface area contributed by atoms with Crippen LogP contribution >= 0.6 is 7.82 Å². The molecule has 7 heavy (non-hydrogen) atoms. The maximum atomic E-state index is 9.47. The molecule has 0 spiro atoms. The molecule has 0 radical (unpaired) electrons. The normalized spacial score (nSPS) is 10.0. The van der Waals surface area contributed by atoms with Gasteiger partial charge in [-0.15, -0.1) is 0 Å². The molecule has 0 atom stereocenters. The number of rotatable bonds is 1. The van der Waals surface area contributed by atoms with Crippen LogP contribution in [0, 0.1) is 0 Å². The molecule has 7 heteroatoms. The fourth-order valence-corrected chi connectivity index (χ4v) is 0. The van der Waals surface area contributed by atoms with Gasteiger partial charge in [0.05, 0.1) is 0 Å². The second kappa shape index (κ2) is 3.76. The first-order chi connectivity index (χ1) is 2.56. The Kier molecular flexibility index (Phi) is 5.76. The van der Waals surface area contributed by atoms with Crippen molar-refractivity contribution < 1.29 is 38.3 Å². The molecule has 0 aromatic rings. The molecule has 0 unspecified atom stereocenters. The molecule has 38 valence electrons. The van der Waals surface area contributed by atoms with Crippen LogP contribution in [0.5, 0.6) is 0 Å². The summed E-state index contributed by atoms with van der Waals surface area (Å²) in [6, 6.07) is 0. The van der Waals surface area contributed by atoms with Crippen LogP contribution in [0.3, 0.4) is 0 Å². The second-order valence-electron chi connectivity index (χ2n) is 0.673. The first-order valence-corrected chi connectivity index (χ1v) is 2.70. The number of hydrogen-bond acceptors (Lipinski definition) is 2. The molecule has 4 nitrogen and oxygen atoms in total. The topological polar surface area (TPSA) is 66.8 Å². The van der Waals surface area contributed by atoms with Gasteiger partial charge < -0.3 is 14.2 Å². The molecule has 0 saturated carbocycles. The Morgan fingerprint density at radius 1 is 1.57 bits per heavy atom.